The van der Waals surface area contributed by atoms with Crippen LogP contribution < -0.4 is 5.32 Å². The molecule has 1 heterocycles. The third-order valence-corrected chi connectivity index (χ3v) is 5.32. The van der Waals surface area contributed by atoms with Gasteiger partial charge in [0.25, 0.3) is 0 Å². The van der Waals surface area contributed by atoms with E-state index in [9.17, 15) is 14.0 Å². The molecule has 0 radical (unpaired) electrons. The first-order chi connectivity index (χ1) is 13.0. The summed E-state index contributed by atoms with van der Waals surface area (Å²) in [6.07, 6.45) is 2.87. The Labute approximate surface area is 161 Å². The summed E-state index contributed by atoms with van der Waals surface area (Å²) in [4.78, 5) is 23.6. The van der Waals surface area contributed by atoms with Gasteiger partial charge in [0.05, 0.1) is 5.75 Å². The number of benzene rings is 2. The molecule has 0 saturated heterocycles. The second-order valence-corrected chi connectivity index (χ2v) is 7.28. The Balaban J connectivity index is 1.42. The highest BCUT2D eigenvalue weighted by molar-refractivity contribution is 8.00. The highest BCUT2D eigenvalue weighted by atomic mass is 32.2. The molecule has 2 aromatic carbocycles. The number of aryl methyl sites for hydroxylation is 1. The third-order valence-electron chi connectivity index (χ3n) is 4.28. The van der Waals surface area contributed by atoms with Crippen LogP contribution in [0.2, 0.25) is 0 Å². The van der Waals surface area contributed by atoms with Crippen LogP contribution in [0, 0.1) is 5.82 Å². The molecule has 27 heavy (non-hydrogen) atoms. The second-order valence-electron chi connectivity index (χ2n) is 6.26. The monoisotopic (exact) mass is 384 g/mol. The third kappa shape index (κ3) is 4.98. The largest absolute Gasteiger partial charge is 0.355 e. The molecule has 0 unspecified atom stereocenters. The van der Waals surface area contributed by atoms with Crippen LogP contribution in [0.15, 0.2) is 59.6 Å². The fourth-order valence-electron chi connectivity index (χ4n) is 2.84. The number of nitrogens with one attached hydrogen (secondary N) is 1. The van der Waals surface area contributed by atoms with Gasteiger partial charge in [-0.3, -0.25) is 9.59 Å². The molecule has 140 valence electrons. The fourth-order valence-corrected chi connectivity index (χ4v) is 3.59. The van der Waals surface area contributed by atoms with Gasteiger partial charge in [-0.15, -0.1) is 11.8 Å². The van der Waals surface area contributed by atoms with Gasteiger partial charge >= 0.3 is 0 Å². The molecule has 3 rings (SSSR count). The number of hydrogen-bond acceptors (Lipinski definition) is 3. The van der Waals surface area contributed by atoms with Gasteiger partial charge in [-0.1, -0.05) is 24.3 Å². The van der Waals surface area contributed by atoms with Crippen molar-refractivity contribution in [1.29, 1.82) is 0 Å². The van der Waals surface area contributed by atoms with E-state index in [-0.39, 0.29) is 17.4 Å². The van der Waals surface area contributed by atoms with Gasteiger partial charge in [-0.25, -0.2) is 4.39 Å². The molecule has 0 saturated carbocycles. The van der Waals surface area contributed by atoms with Crippen LogP contribution in [0.5, 0.6) is 0 Å². The second kappa shape index (κ2) is 8.86. The summed E-state index contributed by atoms with van der Waals surface area (Å²) in [5.41, 5.74) is 1.52. The van der Waals surface area contributed by atoms with Crippen molar-refractivity contribution in [1.82, 2.24) is 9.88 Å². The Hall–Kier alpha value is -2.60. The molecule has 0 fully saturated rings. The van der Waals surface area contributed by atoms with Gasteiger partial charge in [0, 0.05) is 35.3 Å². The van der Waals surface area contributed by atoms with Crippen molar-refractivity contribution in [3.05, 3.63) is 66.1 Å². The van der Waals surface area contributed by atoms with Gasteiger partial charge < -0.3 is 9.88 Å². The molecular weight excluding hydrogens is 363 g/mol. The number of Topliss-reactive ketones (excluding diaryl/α,β-unsaturated/α-hetero) is 1. The lowest BCUT2D eigenvalue weighted by Crippen LogP contribution is -2.26. The van der Waals surface area contributed by atoms with Crippen LogP contribution in [-0.2, 0) is 11.3 Å². The lowest BCUT2D eigenvalue weighted by Gasteiger charge is -2.08. The average molecular weight is 384 g/mol. The standard InChI is InChI=1S/C21H21FN2O2S/c1-15(25)17-7-8-20(18(22)13-17)27-14-21(26)23-10-4-11-24-12-9-16-5-2-3-6-19(16)24/h2-3,5-9,12-13H,4,10-11,14H2,1H3,(H,23,26). The smallest absolute Gasteiger partial charge is 0.230 e. The number of carbonyl (C=O) groups excluding carboxylic acids is 2. The predicted molar refractivity (Wildman–Crippen MR) is 107 cm³/mol. The first-order valence-electron chi connectivity index (χ1n) is 8.78. The van der Waals surface area contributed by atoms with Crippen LogP contribution in [0.1, 0.15) is 23.7 Å². The minimum absolute atomic E-state index is 0.132. The van der Waals surface area contributed by atoms with Crippen molar-refractivity contribution in [2.45, 2.75) is 24.8 Å². The summed E-state index contributed by atoms with van der Waals surface area (Å²) in [5.74, 6) is -0.644. The van der Waals surface area contributed by atoms with Crippen molar-refractivity contribution in [3.63, 3.8) is 0 Å². The van der Waals surface area contributed by atoms with Gasteiger partial charge in [0.1, 0.15) is 5.82 Å². The lowest BCUT2D eigenvalue weighted by atomic mass is 10.1. The zero-order valence-electron chi connectivity index (χ0n) is 15.1. The molecule has 1 N–H and O–H groups in total. The highest BCUT2D eigenvalue weighted by Crippen LogP contribution is 2.22. The fraction of sp³-hybridized carbons (Fsp3) is 0.238. The maximum Gasteiger partial charge on any atom is 0.230 e. The van der Waals surface area contributed by atoms with E-state index >= 15 is 0 Å². The van der Waals surface area contributed by atoms with E-state index in [2.05, 4.69) is 34.3 Å². The highest BCUT2D eigenvalue weighted by Gasteiger charge is 2.09. The van der Waals surface area contributed by atoms with Crippen molar-refractivity contribution in [2.24, 2.45) is 0 Å². The van der Waals surface area contributed by atoms with Crippen molar-refractivity contribution < 1.29 is 14.0 Å². The predicted octanol–water partition coefficient (Wildman–Crippen LogP) is 4.28. The Morgan fingerprint density at radius 3 is 2.74 bits per heavy atom. The van der Waals surface area contributed by atoms with Crippen LogP contribution >= 0.6 is 11.8 Å². The molecule has 3 aromatic rings. The van der Waals surface area contributed by atoms with E-state index in [0.29, 0.717) is 17.0 Å². The maximum absolute atomic E-state index is 13.9. The number of thioether (sulfide) groups is 1. The summed E-state index contributed by atoms with van der Waals surface area (Å²) < 4.78 is 16.1. The van der Waals surface area contributed by atoms with Crippen LogP contribution in [0.3, 0.4) is 0 Å². The van der Waals surface area contributed by atoms with E-state index in [0.717, 1.165) is 24.7 Å². The SMILES string of the molecule is CC(=O)c1ccc(SCC(=O)NCCCn2ccc3ccccc32)c(F)c1. The number of amides is 1. The quantitative estimate of drug-likeness (QED) is 0.358. The molecular formula is C21H21FN2O2S. The molecule has 0 aliphatic carbocycles. The number of ketones is 1. The first-order valence-corrected chi connectivity index (χ1v) is 9.77. The van der Waals surface area contributed by atoms with Crippen molar-refractivity contribution in [2.75, 3.05) is 12.3 Å². The minimum atomic E-state index is -0.472. The number of hydrogen-bond donors (Lipinski definition) is 1. The molecule has 0 atom stereocenters. The Morgan fingerprint density at radius 1 is 1.15 bits per heavy atom. The summed E-state index contributed by atoms with van der Waals surface area (Å²) in [6.45, 7) is 2.78. The molecule has 0 aliphatic rings. The van der Waals surface area contributed by atoms with E-state index in [1.54, 1.807) is 12.1 Å². The number of carbonyl (C=O) groups is 2. The van der Waals surface area contributed by atoms with E-state index in [4.69, 9.17) is 0 Å². The number of para-hydroxylation sites is 1. The van der Waals surface area contributed by atoms with E-state index in [1.807, 2.05) is 12.1 Å². The van der Waals surface area contributed by atoms with Gasteiger partial charge in [0.2, 0.25) is 5.91 Å². The van der Waals surface area contributed by atoms with Gasteiger partial charge in [0.15, 0.2) is 5.78 Å². The van der Waals surface area contributed by atoms with Gasteiger partial charge in [-0.05, 0) is 43.0 Å². The topological polar surface area (TPSA) is 51.1 Å². The number of aromatic nitrogens is 1. The van der Waals surface area contributed by atoms with E-state index < -0.39 is 5.82 Å². The van der Waals surface area contributed by atoms with Crippen molar-refractivity contribution in [3.8, 4) is 0 Å². The van der Waals surface area contributed by atoms with Crippen LogP contribution in [0.25, 0.3) is 10.9 Å². The normalized spacial score (nSPS) is 10.9. The molecule has 0 aliphatic heterocycles. The van der Waals surface area contributed by atoms with Gasteiger partial charge in [-0.2, -0.15) is 0 Å². The van der Waals surface area contributed by atoms with Crippen molar-refractivity contribution >= 4 is 34.4 Å². The number of nitrogens with zero attached hydrogens (tertiary/aromatic N) is 1. The summed E-state index contributed by atoms with van der Waals surface area (Å²) in [7, 11) is 0. The Kier molecular flexibility index (Phi) is 6.29. The first kappa shape index (κ1) is 19.2. The van der Waals surface area contributed by atoms with Crippen LogP contribution in [-0.4, -0.2) is 28.6 Å². The molecule has 4 nitrogen and oxygen atoms in total. The molecule has 1 aromatic heterocycles. The average Bonchev–Trinajstić information content (AvgIpc) is 3.07. The van der Waals surface area contributed by atoms with Crippen LogP contribution in [0.4, 0.5) is 4.39 Å². The summed E-state index contributed by atoms with van der Waals surface area (Å²) >= 11 is 1.13. The summed E-state index contributed by atoms with van der Waals surface area (Å²) in [5, 5.41) is 4.07. The summed E-state index contributed by atoms with van der Waals surface area (Å²) in [6, 6.07) is 14.6. The molecule has 0 spiro atoms. The number of rotatable bonds is 8. The minimum Gasteiger partial charge on any atom is -0.355 e. The number of fused-ring (bicyclic) bond motifs is 1. The zero-order chi connectivity index (χ0) is 19.2. The Bertz CT molecular complexity index is 968. The zero-order valence-corrected chi connectivity index (χ0v) is 15.9. The Morgan fingerprint density at radius 2 is 1.96 bits per heavy atom. The number of halogens is 1. The van der Waals surface area contributed by atoms with E-state index in [1.165, 1.54) is 23.9 Å². The lowest BCUT2D eigenvalue weighted by molar-refractivity contribution is -0.118. The molecule has 6 heteroatoms. The molecule has 0 bridgehead atoms. The maximum atomic E-state index is 13.9. The molecule has 1 amide bonds.